The van der Waals surface area contributed by atoms with E-state index in [9.17, 15) is 9.59 Å². The van der Waals surface area contributed by atoms with E-state index in [2.05, 4.69) is 21.2 Å². The number of hydrogen-bond donors (Lipinski definition) is 1. The molecule has 6 heteroatoms. The van der Waals surface area contributed by atoms with Crippen molar-refractivity contribution in [2.24, 2.45) is 0 Å². The molecule has 0 spiro atoms. The Hall–Kier alpha value is -2.08. The van der Waals surface area contributed by atoms with Crippen molar-refractivity contribution in [3.05, 3.63) is 51.4 Å². The zero-order chi connectivity index (χ0) is 16.3. The summed E-state index contributed by atoms with van der Waals surface area (Å²) in [6.07, 6.45) is 0. The number of amides is 1. The van der Waals surface area contributed by atoms with Gasteiger partial charge in [0, 0.05) is 5.69 Å². The molecule has 0 aliphatic carbocycles. The van der Waals surface area contributed by atoms with Crippen molar-refractivity contribution in [1.29, 1.82) is 0 Å². The van der Waals surface area contributed by atoms with E-state index in [1.807, 2.05) is 32.9 Å². The molecule has 0 aliphatic heterocycles. The van der Waals surface area contributed by atoms with Crippen LogP contribution in [0.15, 0.2) is 33.4 Å². The first-order chi connectivity index (χ1) is 10.4. The second kappa shape index (κ2) is 6.79. The Morgan fingerprint density at radius 1 is 1.18 bits per heavy atom. The molecule has 116 valence electrons. The highest BCUT2D eigenvalue weighted by Gasteiger charge is 2.15. The summed E-state index contributed by atoms with van der Waals surface area (Å²) in [5, 5.41) is 2.76. The van der Waals surface area contributed by atoms with Gasteiger partial charge in [0.2, 0.25) is 5.76 Å². The number of anilines is 1. The van der Waals surface area contributed by atoms with Crippen LogP contribution in [0, 0.1) is 20.8 Å². The highest BCUT2D eigenvalue weighted by Crippen LogP contribution is 2.21. The minimum Gasteiger partial charge on any atom is -0.450 e. The molecular weight excluding hydrogens is 350 g/mol. The van der Waals surface area contributed by atoms with Crippen molar-refractivity contribution in [1.82, 2.24) is 0 Å². The molecular formula is C16H16BrNO4. The van der Waals surface area contributed by atoms with Gasteiger partial charge < -0.3 is 14.5 Å². The number of benzene rings is 1. The Morgan fingerprint density at radius 3 is 2.36 bits per heavy atom. The Labute approximate surface area is 136 Å². The first-order valence-electron chi connectivity index (χ1n) is 6.67. The van der Waals surface area contributed by atoms with E-state index in [4.69, 9.17) is 9.15 Å². The fraction of sp³-hybridized carbons (Fsp3) is 0.250. The summed E-state index contributed by atoms with van der Waals surface area (Å²) in [6.45, 7) is 5.46. The zero-order valence-corrected chi connectivity index (χ0v) is 14.1. The van der Waals surface area contributed by atoms with Gasteiger partial charge in [0.25, 0.3) is 5.91 Å². The number of furan rings is 1. The van der Waals surface area contributed by atoms with E-state index in [1.165, 1.54) is 6.07 Å². The molecule has 0 fully saturated rings. The second-order valence-electron chi connectivity index (χ2n) is 5.00. The van der Waals surface area contributed by atoms with E-state index in [-0.39, 0.29) is 12.4 Å². The van der Waals surface area contributed by atoms with Gasteiger partial charge in [0.05, 0.1) is 0 Å². The quantitative estimate of drug-likeness (QED) is 0.837. The average Bonchev–Trinajstić information content (AvgIpc) is 2.87. The summed E-state index contributed by atoms with van der Waals surface area (Å²) < 4.78 is 10.4. The van der Waals surface area contributed by atoms with Gasteiger partial charge in [-0.05, 0) is 60.0 Å². The first kappa shape index (κ1) is 16.3. The standard InChI is InChI=1S/C16H16BrNO4/c1-9-6-10(2)15(11(3)7-9)18-14(19)8-21-16(20)12-4-5-13(17)22-12/h4-7H,8H2,1-3H3,(H,18,19). The van der Waals surface area contributed by atoms with Gasteiger partial charge in [-0.2, -0.15) is 0 Å². The van der Waals surface area contributed by atoms with E-state index in [0.29, 0.717) is 4.67 Å². The lowest BCUT2D eigenvalue weighted by Gasteiger charge is -2.12. The van der Waals surface area contributed by atoms with Gasteiger partial charge in [0.1, 0.15) is 0 Å². The SMILES string of the molecule is Cc1cc(C)c(NC(=O)COC(=O)c2ccc(Br)o2)c(C)c1. The summed E-state index contributed by atoms with van der Waals surface area (Å²) in [5.41, 5.74) is 3.80. The van der Waals surface area contributed by atoms with Crippen LogP contribution in [-0.2, 0) is 9.53 Å². The topological polar surface area (TPSA) is 68.5 Å². The highest BCUT2D eigenvalue weighted by molar-refractivity contribution is 9.10. The molecule has 1 heterocycles. The maximum absolute atomic E-state index is 11.9. The maximum atomic E-state index is 11.9. The molecule has 1 aromatic heterocycles. The molecule has 0 unspecified atom stereocenters. The summed E-state index contributed by atoms with van der Waals surface area (Å²) >= 11 is 3.09. The Morgan fingerprint density at radius 2 is 1.82 bits per heavy atom. The summed E-state index contributed by atoms with van der Waals surface area (Å²) in [7, 11) is 0. The molecule has 1 N–H and O–H groups in total. The second-order valence-corrected chi connectivity index (χ2v) is 5.78. The van der Waals surface area contributed by atoms with Crippen LogP contribution in [0.25, 0.3) is 0 Å². The number of ether oxygens (including phenoxy) is 1. The number of esters is 1. The Bertz CT molecular complexity index is 698. The number of hydrogen-bond acceptors (Lipinski definition) is 4. The largest absolute Gasteiger partial charge is 0.450 e. The predicted molar refractivity (Wildman–Crippen MR) is 86.0 cm³/mol. The van der Waals surface area contributed by atoms with Crippen LogP contribution in [0.4, 0.5) is 5.69 Å². The van der Waals surface area contributed by atoms with Gasteiger partial charge in [-0.3, -0.25) is 4.79 Å². The maximum Gasteiger partial charge on any atom is 0.374 e. The lowest BCUT2D eigenvalue weighted by atomic mass is 10.1. The Kier molecular flexibility index (Phi) is 5.03. The van der Waals surface area contributed by atoms with Crippen LogP contribution in [0.1, 0.15) is 27.2 Å². The molecule has 0 saturated heterocycles. The lowest BCUT2D eigenvalue weighted by Crippen LogP contribution is -2.21. The van der Waals surface area contributed by atoms with E-state index < -0.39 is 11.9 Å². The molecule has 22 heavy (non-hydrogen) atoms. The van der Waals surface area contributed by atoms with Crippen LogP contribution in [0.5, 0.6) is 0 Å². The van der Waals surface area contributed by atoms with Gasteiger partial charge in [-0.1, -0.05) is 17.7 Å². The van der Waals surface area contributed by atoms with Gasteiger partial charge >= 0.3 is 5.97 Å². The normalized spacial score (nSPS) is 10.4. The van der Waals surface area contributed by atoms with E-state index in [1.54, 1.807) is 6.07 Å². The minimum atomic E-state index is -0.682. The number of carbonyl (C=O) groups is 2. The number of halogens is 1. The van der Waals surface area contributed by atoms with Gasteiger partial charge in [-0.15, -0.1) is 0 Å². The number of rotatable bonds is 4. The van der Waals surface area contributed by atoms with Gasteiger partial charge in [-0.25, -0.2) is 4.79 Å². The summed E-state index contributed by atoms with van der Waals surface area (Å²) in [5.74, 6) is -1.03. The van der Waals surface area contributed by atoms with Crippen LogP contribution in [-0.4, -0.2) is 18.5 Å². The molecule has 2 aromatic rings. The van der Waals surface area contributed by atoms with Crippen molar-refractivity contribution in [2.75, 3.05) is 11.9 Å². The van der Waals surface area contributed by atoms with Gasteiger partial charge in [0.15, 0.2) is 11.3 Å². The third-order valence-electron chi connectivity index (χ3n) is 3.05. The molecule has 0 bridgehead atoms. The lowest BCUT2D eigenvalue weighted by molar-refractivity contribution is -0.119. The zero-order valence-electron chi connectivity index (χ0n) is 12.5. The molecule has 0 saturated carbocycles. The monoisotopic (exact) mass is 365 g/mol. The predicted octanol–water partition coefficient (Wildman–Crippen LogP) is 3.76. The molecule has 1 amide bonds. The highest BCUT2D eigenvalue weighted by atomic mass is 79.9. The van der Waals surface area contributed by atoms with E-state index in [0.717, 1.165) is 22.4 Å². The smallest absolute Gasteiger partial charge is 0.374 e. The van der Waals surface area contributed by atoms with Crippen molar-refractivity contribution in [3.8, 4) is 0 Å². The molecule has 2 rings (SSSR count). The van der Waals surface area contributed by atoms with E-state index >= 15 is 0 Å². The average molecular weight is 366 g/mol. The van der Waals surface area contributed by atoms with Crippen LogP contribution < -0.4 is 5.32 Å². The molecule has 0 aliphatic rings. The fourth-order valence-electron chi connectivity index (χ4n) is 2.18. The van der Waals surface area contributed by atoms with Crippen molar-refractivity contribution in [3.63, 3.8) is 0 Å². The summed E-state index contributed by atoms with van der Waals surface area (Å²) in [6, 6.07) is 7.01. The number of aryl methyl sites for hydroxylation is 3. The third-order valence-corrected chi connectivity index (χ3v) is 3.48. The summed E-state index contributed by atoms with van der Waals surface area (Å²) in [4.78, 5) is 23.6. The molecule has 0 radical (unpaired) electrons. The first-order valence-corrected chi connectivity index (χ1v) is 7.46. The Balaban J connectivity index is 1.95. The van der Waals surface area contributed by atoms with Crippen molar-refractivity contribution >= 4 is 33.5 Å². The number of nitrogens with one attached hydrogen (secondary N) is 1. The van der Waals surface area contributed by atoms with Crippen LogP contribution in [0.3, 0.4) is 0 Å². The molecule has 5 nitrogen and oxygen atoms in total. The number of carbonyl (C=O) groups excluding carboxylic acids is 2. The third kappa shape index (κ3) is 3.98. The van der Waals surface area contributed by atoms with Crippen LogP contribution in [0.2, 0.25) is 0 Å². The van der Waals surface area contributed by atoms with Crippen molar-refractivity contribution in [2.45, 2.75) is 20.8 Å². The van der Waals surface area contributed by atoms with Crippen LogP contribution >= 0.6 is 15.9 Å². The molecule has 1 aromatic carbocycles. The minimum absolute atomic E-state index is 0.0439. The molecule has 0 atom stereocenters. The fourth-order valence-corrected chi connectivity index (χ4v) is 2.49. The van der Waals surface area contributed by atoms with Crippen molar-refractivity contribution < 1.29 is 18.7 Å².